The number of amides is 2. The molecule has 6 nitrogen and oxygen atoms in total. The fourth-order valence-electron chi connectivity index (χ4n) is 3.24. The van der Waals surface area contributed by atoms with Crippen LogP contribution in [0.5, 0.6) is 5.75 Å². The van der Waals surface area contributed by atoms with E-state index in [-0.39, 0.29) is 30.2 Å². The number of carbonyl (C=O) groups excluding carboxylic acids is 2. The molecule has 1 aromatic carbocycles. The monoisotopic (exact) mass is 318 g/mol. The largest absolute Gasteiger partial charge is 0.495 e. The molecule has 0 spiro atoms. The van der Waals surface area contributed by atoms with Crippen LogP contribution in [0.4, 0.5) is 5.69 Å². The number of nitrogens with zero attached hydrogens (tertiary/aromatic N) is 1. The van der Waals surface area contributed by atoms with E-state index in [9.17, 15) is 9.59 Å². The Hall–Kier alpha value is -2.08. The summed E-state index contributed by atoms with van der Waals surface area (Å²) in [6, 6.07) is 7.49. The van der Waals surface area contributed by atoms with Crippen LogP contribution in [0.2, 0.25) is 0 Å². The molecule has 0 aromatic heterocycles. The van der Waals surface area contributed by atoms with E-state index in [1.54, 1.807) is 19.2 Å². The van der Waals surface area contributed by atoms with Gasteiger partial charge in [0.2, 0.25) is 11.8 Å². The molecule has 1 aromatic rings. The fourth-order valence-corrected chi connectivity index (χ4v) is 3.24. The molecule has 1 N–H and O–H groups in total. The number of ether oxygens (including phenoxy) is 2. The van der Waals surface area contributed by atoms with Gasteiger partial charge in [-0.15, -0.1) is 0 Å². The van der Waals surface area contributed by atoms with Crippen LogP contribution in [0, 0.1) is 5.92 Å². The van der Waals surface area contributed by atoms with Crippen molar-refractivity contribution in [2.24, 2.45) is 5.92 Å². The van der Waals surface area contributed by atoms with E-state index in [1.165, 1.54) is 0 Å². The first-order valence-electron chi connectivity index (χ1n) is 8.00. The molecule has 0 radical (unpaired) electrons. The topological polar surface area (TPSA) is 67.9 Å². The Morgan fingerprint density at radius 1 is 1.30 bits per heavy atom. The normalized spacial score (nSPS) is 22.2. The van der Waals surface area contributed by atoms with Gasteiger partial charge in [0.1, 0.15) is 5.75 Å². The lowest BCUT2D eigenvalue weighted by atomic mass is 10.1. The smallest absolute Gasteiger partial charge is 0.229 e. The Bertz CT molecular complexity index is 584. The Morgan fingerprint density at radius 3 is 2.78 bits per heavy atom. The first kappa shape index (κ1) is 15.8. The van der Waals surface area contributed by atoms with Gasteiger partial charge < -0.3 is 19.7 Å². The predicted molar refractivity (Wildman–Crippen MR) is 85.3 cm³/mol. The summed E-state index contributed by atoms with van der Waals surface area (Å²) >= 11 is 0. The van der Waals surface area contributed by atoms with Gasteiger partial charge in [0.15, 0.2) is 0 Å². The van der Waals surface area contributed by atoms with Gasteiger partial charge in [-0.05, 0) is 25.0 Å². The van der Waals surface area contributed by atoms with Gasteiger partial charge in [-0.25, -0.2) is 0 Å². The molecule has 1 unspecified atom stereocenters. The summed E-state index contributed by atoms with van der Waals surface area (Å²) in [6.07, 6.45) is 1.98. The SMILES string of the molecule is COc1ccccc1NC(=O)C1CC(=O)N(C2CCOCC2)C1. The standard InChI is InChI=1S/C17H22N2O4/c1-22-15-5-3-2-4-14(15)18-17(21)12-10-16(20)19(11-12)13-6-8-23-9-7-13/h2-5,12-13H,6-11H2,1H3,(H,18,21). The van der Waals surface area contributed by atoms with E-state index < -0.39 is 0 Å². The Kier molecular flexibility index (Phi) is 4.81. The van der Waals surface area contributed by atoms with Crippen LogP contribution in [0.1, 0.15) is 19.3 Å². The van der Waals surface area contributed by atoms with E-state index in [4.69, 9.17) is 9.47 Å². The van der Waals surface area contributed by atoms with Crippen molar-refractivity contribution in [3.05, 3.63) is 24.3 Å². The van der Waals surface area contributed by atoms with Crippen LogP contribution in [0.25, 0.3) is 0 Å². The number of hydrogen-bond donors (Lipinski definition) is 1. The molecule has 0 bridgehead atoms. The van der Waals surface area contributed by atoms with Crippen LogP contribution in [0.15, 0.2) is 24.3 Å². The van der Waals surface area contributed by atoms with Crippen molar-refractivity contribution in [3.63, 3.8) is 0 Å². The minimum Gasteiger partial charge on any atom is -0.495 e. The summed E-state index contributed by atoms with van der Waals surface area (Å²) in [5, 5.41) is 2.88. The number of hydrogen-bond acceptors (Lipinski definition) is 4. The maximum absolute atomic E-state index is 12.5. The van der Waals surface area contributed by atoms with Crippen molar-refractivity contribution >= 4 is 17.5 Å². The molecule has 2 amide bonds. The summed E-state index contributed by atoms with van der Waals surface area (Å²) in [4.78, 5) is 26.6. The molecule has 0 aliphatic carbocycles. The number of carbonyl (C=O) groups is 2. The molecule has 3 rings (SSSR count). The summed E-state index contributed by atoms with van der Waals surface area (Å²) in [5.74, 6) is 0.246. The molecule has 124 valence electrons. The third kappa shape index (κ3) is 3.47. The number of methoxy groups -OCH3 is 1. The molecule has 1 atom stereocenters. The number of benzene rings is 1. The lowest BCUT2D eigenvalue weighted by Crippen LogP contribution is -2.41. The van der Waals surface area contributed by atoms with Gasteiger partial charge >= 0.3 is 0 Å². The number of para-hydroxylation sites is 2. The second kappa shape index (κ2) is 7.00. The van der Waals surface area contributed by atoms with Crippen molar-refractivity contribution in [2.45, 2.75) is 25.3 Å². The third-order valence-corrected chi connectivity index (χ3v) is 4.53. The lowest BCUT2D eigenvalue weighted by Gasteiger charge is -2.31. The van der Waals surface area contributed by atoms with Crippen molar-refractivity contribution in [2.75, 3.05) is 32.2 Å². The highest BCUT2D eigenvalue weighted by Gasteiger charge is 2.38. The molecule has 6 heteroatoms. The third-order valence-electron chi connectivity index (χ3n) is 4.53. The van der Waals surface area contributed by atoms with Crippen LogP contribution < -0.4 is 10.1 Å². The van der Waals surface area contributed by atoms with Crippen LogP contribution >= 0.6 is 0 Å². The fraction of sp³-hybridized carbons (Fsp3) is 0.529. The molecule has 23 heavy (non-hydrogen) atoms. The van der Waals surface area contributed by atoms with E-state index in [0.29, 0.717) is 31.2 Å². The quantitative estimate of drug-likeness (QED) is 0.917. The summed E-state index contributed by atoms with van der Waals surface area (Å²) in [6.45, 7) is 1.86. The van der Waals surface area contributed by atoms with Crippen LogP contribution in [-0.2, 0) is 14.3 Å². The average Bonchev–Trinajstić information content (AvgIpc) is 2.98. The second-order valence-electron chi connectivity index (χ2n) is 5.98. The van der Waals surface area contributed by atoms with Crippen molar-refractivity contribution in [1.82, 2.24) is 4.90 Å². The molecule has 0 saturated carbocycles. The maximum atomic E-state index is 12.5. The number of nitrogens with one attached hydrogen (secondary N) is 1. The molecule has 2 saturated heterocycles. The number of likely N-dealkylation sites (tertiary alicyclic amines) is 1. The summed E-state index contributed by atoms with van der Waals surface area (Å²) in [7, 11) is 1.57. The summed E-state index contributed by atoms with van der Waals surface area (Å²) < 4.78 is 10.6. The van der Waals surface area contributed by atoms with Gasteiger partial charge in [0.05, 0.1) is 18.7 Å². The molecule has 2 heterocycles. The zero-order chi connectivity index (χ0) is 16.2. The highest BCUT2D eigenvalue weighted by molar-refractivity contribution is 5.98. The van der Waals surface area contributed by atoms with Gasteiger partial charge in [-0.1, -0.05) is 12.1 Å². The molecule has 2 fully saturated rings. The summed E-state index contributed by atoms with van der Waals surface area (Å²) in [5.41, 5.74) is 0.636. The van der Waals surface area contributed by atoms with Crippen LogP contribution in [-0.4, -0.2) is 49.6 Å². The molecular weight excluding hydrogens is 296 g/mol. The zero-order valence-electron chi connectivity index (χ0n) is 13.3. The maximum Gasteiger partial charge on any atom is 0.229 e. The van der Waals surface area contributed by atoms with E-state index >= 15 is 0 Å². The Labute approximate surface area is 135 Å². The van der Waals surface area contributed by atoms with Crippen molar-refractivity contribution in [1.29, 1.82) is 0 Å². The minimum absolute atomic E-state index is 0.0667. The first-order chi connectivity index (χ1) is 11.2. The number of anilines is 1. The number of rotatable bonds is 4. The second-order valence-corrected chi connectivity index (χ2v) is 5.98. The Balaban J connectivity index is 1.63. The predicted octanol–water partition coefficient (Wildman–Crippen LogP) is 1.66. The molecule has 2 aliphatic heterocycles. The highest BCUT2D eigenvalue weighted by atomic mass is 16.5. The van der Waals surface area contributed by atoms with E-state index in [1.807, 2.05) is 17.0 Å². The first-order valence-corrected chi connectivity index (χ1v) is 8.00. The lowest BCUT2D eigenvalue weighted by molar-refractivity contribution is -0.131. The van der Waals surface area contributed by atoms with E-state index in [0.717, 1.165) is 12.8 Å². The molecular formula is C17H22N2O4. The van der Waals surface area contributed by atoms with Crippen molar-refractivity contribution in [3.8, 4) is 5.75 Å². The highest BCUT2D eigenvalue weighted by Crippen LogP contribution is 2.28. The minimum atomic E-state index is -0.310. The molecule has 2 aliphatic rings. The van der Waals surface area contributed by atoms with Gasteiger partial charge in [0.25, 0.3) is 0 Å². The van der Waals surface area contributed by atoms with Gasteiger partial charge in [-0.3, -0.25) is 9.59 Å². The average molecular weight is 318 g/mol. The van der Waals surface area contributed by atoms with Crippen molar-refractivity contribution < 1.29 is 19.1 Å². The van der Waals surface area contributed by atoms with E-state index in [2.05, 4.69) is 5.32 Å². The van der Waals surface area contributed by atoms with Gasteiger partial charge in [0, 0.05) is 32.2 Å². The zero-order valence-corrected chi connectivity index (χ0v) is 13.3. The van der Waals surface area contributed by atoms with Crippen LogP contribution in [0.3, 0.4) is 0 Å². The van der Waals surface area contributed by atoms with Gasteiger partial charge in [-0.2, -0.15) is 0 Å². The Morgan fingerprint density at radius 2 is 2.04 bits per heavy atom.